The first-order valence-electron chi connectivity index (χ1n) is 7.98. The van der Waals surface area contributed by atoms with E-state index in [1.54, 1.807) is 0 Å². The van der Waals surface area contributed by atoms with Crippen molar-refractivity contribution in [1.82, 2.24) is 10.2 Å². The standard InChI is InChI=1S/C16H32N2O2/c1-6-9-17-16(4,15(19)20-5)8-11-18-10-7-14(12-18)13(2)3/h13-14,17H,6-12H2,1-5H3. The van der Waals surface area contributed by atoms with Gasteiger partial charge in [-0.05, 0) is 51.1 Å². The third-order valence-corrected chi connectivity index (χ3v) is 4.58. The molecule has 20 heavy (non-hydrogen) atoms. The molecule has 0 spiro atoms. The predicted molar refractivity (Wildman–Crippen MR) is 82.7 cm³/mol. The second-order valence-corrected chi connectivity index (χ2v) is 6.59. The average Bonchev–Trinajstić information content (AvgIpc) is 2.91. The van der Waals surface area contributed by atoms with Crippen molar-refractivity contribution in [2.24, 2.45) is 11.8 Å². The van der Waals surface area contributed by atoms with Crippen LogP contribution in [0.3, 0.4) is 0 Å². The molecule has 1 aliphatic rings. The van der Waals surface area contributed by atoms with Crippen molar-refractivity contribution in [3.05, 3.63) is 0 Å². The molecular weight excluding hydrogens is 252 g/mol. The fraction of sp³-hybridized carbons (Fsp3) is 0.938. The van der Waals surface area contributed by atoms with E-state index in [0.29, 0.717) is 0 Å². The lowest BCUT2D eigenvalue weighted by Gasteiger charge is -2.30. The van der Waals surface area contributed by atoms with Gasteiger partial charge in [0.2, 0.25) is 0 Å². The van der Waals surface area contributed by atoms with Crippen molar-refractivity contribution in [1.29, 1.82) is 0 Å². The number of likely N-dealkylation sites (tertiary alicyclic amines) is 1. The molecule has 0 aliphatic carbocycles. The average molecular weight is 284 g/mol. The SMILES string of the molecule is CCCNC(C)(CCN1CCC(C(C)C)C1)C(=O)OC. The van der Waals surface area contributed by atoms with E-state index in [4.69, 9.17) is 4.74 Å². The van der Waals surface area contributed by atoms with E-state index in [9.17, 15) is 4.79 Å². The van der Waals surface area contributed by atoms with Crippen LogP contribution in [0.2, 0.25) is 0 Å². The molecule has 4 nitrogen and oxygen atoms in total. The summed E-state index contributed by atoms with van der Waals surface area (Å²) in [6, 6.07) is 0. The zero-order valence-electron chi connectivity index (χ0n) is 13.9. The summed E-state index contributed by atoms with van der Waals surface area (Å²) in [5, 5.41) is 3.35. The van der Waals surface area contributed by atoms with Gasteiger partial charge in [0.25, 0.3) is 0 Å². The monoisotopic (exact) mass is 284 g/mol. The summed E-state index contributed by atoms with van der Waals surface area (Å²) >= 11 is 0. The number of carbonyl (C=O) groups excluding carboxylic acids is 1. The summed E-state index contributed by atoms with van der Waals surface area (Å²) in [6.07, 6.45) is 3.12. The minimum atomic E-state index is -0.555. The quantitative estimate of drug-likeness (QED) is 0.694. The molecule has 0 amide bonds. The number of carbonyl (C=O) groups is 1. The molecule has 1 N–H and O–H groups in total. The molecule has 1 fully saturated rings. The summed E-state index contributed by atoms with van der Waals surface area (Å²) < 4.78 is 4.97. The summed E-state index contributed by atoms with van der Waals surface area (Å²) in [7, 11) is 1.47. The molecule has 0 saturated carbocycles. The van der Waals surface area contributed by atoms with Crippen LogP contribution < -0.4 is 5.32 Å². The third kappa shape index (κ3) is 4.74. The number of methoxy groups -OCH3 is 1. The first kappa shape index (κ1) is 17.4. The maximum Gasteiger partial charge on any atom is 0.325 e. The van der Waals surface area contributed by atoms with Crippen molar-refractivity contribution >= 4 is 5.97 Å². The van der Waals surface area contributed by atoms with Crippen LogP contribution in [0.15, 0.2) is 0 Å². The van der Waals surface area contributed by atoms with Crippen molar-refractivity contribution in [2.75, 3.05) is 33.3 Å². The molecular formula is C16H32N2O2. The summed E-state index contributed by atoms with van der Waals surface area (Å²) in [6.45, 7) is 12.8. The van der Waals surface area contributed by atoms with Gasteiger partial charge in [-0.2, -0.15) is 0 Å². The van der Waals surface area contributed by atoms with Crippen LogP contribution in [0.5, 0.6) is 0 Å². The third-order valence-electron chi connectivity index (χ3n) is 4.58. The Morgan fingerprint density at radius 3 is 2.70 bits per heavy atom. The van der Waals surface area contributed by atoms with Gasteiger partial charge in [0.05, 0.1) is 7.11 Å². The van der Waals surface area contributed by atoms with Crippen LogP contribution in [0.1, 0.15) is 47.0 Å². The van der Waals surface area contributed by atoms with E-state index in [1.807, 2.05) is 6.92 Å². The van der Waals surface area contributed by atoms with Crippen LogP contribution in [-0.2, 0) is 9.53 Å². The van der Waals surface area contributed by atoms with Crippen molar-refractivity contribution in [2.45, 2.75) is 52.5 Å². The maximum absolute atomic E-state index is 12.0. The Morgan fingerprint density at radius 2 is 2.20 bits per heavy atom. The molecule has 2 unspecified atom stereocenters. The highest BCUT2D eigenvalue weighted by molar-refractivity contribution is 5.80. The van der Waals surface area contributed by atoms with Gasteiger partial charge in [-0.3, -0.25) is 4.79 Å². The largest absolute Gasteiger partial charge is 0.468 e. The van der Waals surface area contributed by atoms with Crippen LogP contribution in [0.25, 0.3) is 0 Å². The molecule has 1 saturated heterocycles. The Hall–Kier alpha value is -0.610. The van der Waals surface area contributed by atoms with E-state index in [1.165, 1.54) is 20.1 Å². The number of esters is 1. The molecule has 1 rings (SSSR count). The first-order chi connectivity index (χ1) is 9.42. The Bertz CT molecular complexity index is 307. The first-order valence-corrected chi connectivity index (χ1v) is 7.98. The van der Waals surface area contributed by atoms with E-state index in [2.05, 4.69) is 31.0 Å². The lowest BCUT2D eigenvalue weighted by molar-refractivity contribution is -0.148. The number of hydrogen-bond donors (Lipinski definition) is 1. The number of nitrogens with zero attached hydrogens (tertiary/aromatic N) is 1. The summed E-state index contributed by atoms with van der Waals surface area (Å²) in [5.41, 5.74) is -0.555. The number of nitrogens with one attached hydrogen (secondary N) is 1. The molecule has 1 aliphatic heterocycles. The number of hydrogen-bond acceptors (Lipinski definition) is 4. The molecule has 0 bridgehead atoms. The second kappa shape index (κ2) is 7.99. The predicted octanol–water partition coefficient (Wildman–Crippen LogP) is 2.29. The highest BCUT2D eigenvalue weighted by Gasteiger charge is 2.35. The highest BCUT2D eigenvalue weighted by Crippen LogP contribution is 2.24. The van der Waals surface area contributed by atoms with Gasteiger partial charge in [-0.25, -0.2) is 0 Å². The van der Waals surface area contributed by atoms with Crippen LogP contribution in [0, 0.1) is 11.8 Å². The molecule has 4 heteroatoms. The molecule has 0 radical (unpaired) electrons. The van der Waals surface area contributed by atoms with Gasteiger partial charge in [0, 0.05) is 13.1 Å². The fourth-order valence-corrected chi connectivity index (χ4v) is 2.88. The topological polar surface area (TPSA) is 41.6 Å². The smallest absolute Gasteiger partial charge is 0.325 e. The Kier molecular flexibility index (Phi) is 6.96. The minimum absolute atomic E-state index is 0.148. The molecule has 118 valence electrons. The molecule has 0 aromatic rings. The normalized spacial score (nSPS) is 23.0. The lowest BCUT2D eigenvalue weighted by Crippen LogP contribution is -2.52. The van der Waals surface area contributed by atoms with Crippen LogP contribution >= 0.6 is 0 Å². The van der Waals surface area contributed by atoms with E-state index >= 15 is 0 Å². The second-order valence-electron chi connectivity index (χ2n) is 6.59. The van der Waals surface area contributed by atoms with Crippen LogP contribution in [0.4, 0.5) is 0 Å². The molecule has 0 aromatic carbocycles. The number of rotatable bonds is 8. The Balaban J connectivity index is 2.48. The summed E-state index contributed by atoms with van der Waals surface area (Å²) in [5.74, 6) is 1.42. The zero-order chi connectivity index (χ0) is 15.2. The van der Waals surface area contributed by atoms with Gasteiger partial charge in [0.15, 0.2) is 0 Å². The van der Waals surface area contributed by atoms with Crippen LogP contribution in [-0.4, -0.2) is 49.7 Å². The zero-order valence-corrected chi connectivity index (χ0v) is 13.9. The van der Waals surface area contributed by atoms with E-state index in [-0.39, 0.29) is 5.97 Å². The van der Waals surface area contributed by atoms with Gasteiger partial charge in [-0.1, -0.05) is 20.8 Å². The molecule has 1 heterocycles. The van der Waals surface area contributed by atoms with Gasteiger partial charge in [0.1, 0.15) is 5.54 Å². The molecule has 2 atom stereocenters. The maximum atomic E-state index is 12.0. The summed E-state index contributed by atoms with van der Waals surface area (Å²) in [4.78, 5) is 14.5. The van der Waals surface area contributed by atoms with Gasteiger partial charge in [-0.15, -0.1) is 0 Å². The van der Waals surface area contributed by atoms with E-state index in [0.717, 1.165) is 44.3 Å². The Labute approximate surface area is 124 Å². The lowest BCUT2D eigenvalue weighted by atomic mass is 9.95. The highest BCUT2D eigenvalue weighted by atomic mass is 16.5. The fourth-order valence-electron chi connectivity index (χ4n) is 2.88. The van der Waals surface area contributed by atoms with Crippen molar-refractivity contribution < 1.29 is 9.53 Å². The number of ether oxygens (including phenoxy) is 1. The van der Waals surface area contributed by atoms with Gasteiger partial charge >= 0.3 is 5.97 Å². The van der Waals surface area contributed by atoms with Crippen molar-refractivity contribution in [3.63, 3.8) is 0 Å². The molecule has 0 aromatic heterocycles. The Morgan fingerprint density at radius 1 is 1.50 bits per heavy atom. The van der Waals surface area contributed by atoms with E-state index < -0.39 is 5.54 Å². The minimum Gasteiger partial charge on any atom is -0.468 e. The van der Waals surface area contributed by atoms with Crippen molar-refractivity contribution in [3.8, 4) is 0 Å². The van der Waals surface area contributed by atoms with Gasteiger partial charge < -0.3 is 15.0 Å².